The van der Waals surface area contributed by atoms with Crippen molar-refractivity contribution < 1.29 is 0 Å². The average Bonchev–Trinajstić information content (AvgIpc) is 2.43. The van der Waals surface area contributed by atoms with Gasteiger partial charge in [-0.1, -0.05) is 33.6 Å². The minimum Gasteiger partial charge on any atom is -0.316 e. The predicted molar refractivity (Wildman–Crippen MR) is 83.5 cm³/mol. The third kappa shape index (κ3) is 3.95. The fourth-order valence-electron chi connectivity index (χ4n) is 4.07. The Bertz CT molecular complexity index is 255. The van der Waals surface area contributed by atoms with Crippen LogP contribution >= 0.6 is 0 Å². The molecule has 2 fully saturated rings. The van der Waals surface area contributed by atoms with Crippen molar-refractivity contribution in [3.8, 4) is 0 Å². The molecule has 1 unspecified atom stereocenters. The van der Waals surface area contributed by atoms with Crippen molar-refractivity contribution in [1.29, 1.82) is 0 Å². The molecule has 0 amide bonds. The molecule has 0 aliphatic carbocycles. The molecule has 1 atom stereocenters. The van der Waals surface area contributed by atoms with E-state index in [9.17, 15) is 0 Å². The van der Waals surface area contributed by atoms with Crippen LogP contribution in [0.4, 0.5) is 0 Å². The molecular weight excluding hydrogens is 232 g/mol. The Hall–Kier alpha value is -0.0800. The molecule has 2 heteroatoms. The molecule has 2 rings (SSSR count). The summed E-state index contributed by atoms with van der Waals surface area (Å²) in [4.78, 5) is 2.76. The highest BCUT2D eigenvalue weighted by atomic mass is 15.1. The fraction of sp³-hybridized carbons (Fsp3) is 1.00. The average molecular weight is 266 g/mol. The molecule has 112 valence electrons. The molecule has 0 bridgehead atoms. The standard InChI is InChI=1S/C17H34N2/c1-4-7-17(8-6-11-18-14-17)15-19-12-9-16(3,5-2)10-13-19/h18H,4-15H2,1-3H3. The number of hydrogen-bond acceptors (Lipinski definition) is 2. The molecule has 2 aliphatic rings. The minimum atomic E-state index is 0.576. The van der Waals surface area contributed by atoms with Gasteiger partial charge in [0.1, 0.15) is 0 Å². The molecule has 2 heterocycles. The van der Waals surface area contributed by atoms with Crippen molar-refractivity contribution in [2.75, 3.05) is 32.7 Å². The normalized spacial score (nSPS) is 32.4. The summed E-state index contributed by atoms with van der Waals surface area (Å²) >= 11 is 0. The van der Waals surface area contributed by atoms with Gasteiger partial charge in [0, 0.05) is 13.1 Å². The zero-order valence-corrected chi connectivity index (χ0v) is 13.4. The van der Waals surface area contributed by atoms with Crippen molar-refractivity contribution in [1.82, 2.24) is 10.2 Å². The lowest BCUT2D eigenvalue weighted by Crippen LogP contribution is -2.50. The molecule has 2 nitrogen and oxygen atoms in total. The SMILES string of the molecule is CCCC1(CN2CCC(C)(CC)CC2)CCCNC1. The van der Waals surface area contributed by atoms with Gasteiger partial charge < -0.3 is 10.2 Å². The fourth-order valence-corrected chi connectivity index (χ4v) is 4.07. The first-order valence-electron chi connectivity index (χ1n) is 8.54. The maximum absolute atomic E-state index is 3.65. The van der Waals surface area contributed by atoms with Gasteiger partial charge >= 0.3 is 0 Å². The van der Waals surface area contributed by atoms with Gasteiger partial charge in [0.2, 0.25) is 0 Å². The quantitative estimate of drug-likeness (QED) is 0.817. The molecule has 0 radical (unpaired) electrons. The summed E-state index contributed by atoms with van der Waals surface area (Å²) in [7, 11) is 0. The van der Waals surface area contributed by atoms with Crippen LogP contribution in [0.2, 0.25) is 0 Å². The van der Waals surface area contributed by atoms with Crippen molar-refractivity contribution in [3.63, 3.8) is 0 Å². The number of piperidine rings is 2. The molecule has 0 aromatic carbocycles. The van der Waals surface area contributed by atoms with Gasteiger partial charge in [-0.05, 0) is 62.6 Å². The first kappa shape index (κ1) is 15.3. The van der Waals surface area contributed by atoms with Crippen LogP contribution in [0.1, 0.15) is 65.7 Å². The summed E-state index contributed by atoms with van der Waals surface area (Å²) in [5, 5.41) is 3.65. The van der Waals surface area contributed by atoms with Gasteiger partial charge in [-0.2, -0.15) is 0 Å². The van der Waals surface area contributed by atoms with Crippen LogP contribution in [0.15, 0.2) is 0 Å². The van der Waals surface area contributed by atoms with Gasteiger partial charge in [0.15, 0.2) is 0 Å². The maximum Gasteiger partial charge on any atom is 0.00502 e. The van der Waals surface area contributed by atoms with E-state index in [-0.39, 0.29) is 0 Å². The van der Waals surface area contributed by atoms with Crippen LogP contribution in [-0.2, 0) is 0 Å². The molecule has 0 aromatic heterocycles. The third-order valence-corrected chi connectivity index (χ3v) is 5.82. The number of nitrogens with zero attached hydrogens (tertiary/aromatic N) is 1. The highest BCUT2D eigenvalue weighted by molar-refractivity contribution is 4.90. The van der Waals surface area contributed by atoms with Gasteiger partial charge in [-0.25, -0.2) is 0 Å². The molecular formula is C17H34N2. The van der Waals surface area contributed by atoms with E-state index < -0.39 is 0 Å². The molecule has 2 saturated heterocycles. The number of likely N-dealkylation sites (tertiary alicyclic amines) is 1. The summed E-state index contributed by atoms with van der Waals surface area (Å²) in [6, 6.07) is 0. The van der Waals surface area contributed by atoms with Crippen LogP contribution in [0.3, 0.4) is 0 Å². The smallest absolute Gasteiger partial charge is 0.00502 e. The summed E-state index contributed by atoms with van der Waals surface area (Å²) in [5.41, 5.74) is 1.20. The molecule has 1 N–H and O–H groups in total. The number of nitrogens with one attached hydrogen (secondary N) is 1. The first-order chi connectivity index (χ1) is 9.11. The Morgan fingerprint density at radius 3 is 2.37 bits per heavy atom. The Morgan fingerprint density at radius 1 is 1.11 bits per heavy atom. The lowest BCUT2D eigenvalue weighted by atomic mass is 9.74. The minimum absolute atomic E-state index is 0.576. The third-order valence-electron chi connectivity index (χ3n) is 5.82. The van der Waals surface area contributed by atoms with Crippen molar-refractivity contribution in [3.05, 3.63) is 0 Å². The Balaban J connectivity index is 1.88. The summed E-state index contributed by atoms with van der Waals surface area (Å²) in [6.07, 6.45) is 9.71. The zero-order valence-electron chi connectivity index (χ0n) is 13.4. The second-order valence-electron chi connectivity index (χ2n) is 7.47. The van der Waals surface area contributed by atoms with E-state index in [2.05, 4.69) is 31.0 Å². The second-order valence-corrected chi connectivity index (χ2v) is 7.47. The van der Waals surface area contributed by atoms with Crippen LogP contribution in [0.25, 0.3) is 0 Å². The van der Waals surface area contributed by atoms with Gasteiger partial charge in [-0.3, -0.25) is 0 Å². The zero-order chi connectivity index (χ0) is 13.8. The Kier molecular flexibility index (Phi) is 5.30. The van der Waals surface area contributed by atoms with Crippen molar-refractivity contribution in [2.24, 2.45) is 10.8 Å². The van der Waals surface area contributed by atoms with Gasteiger partial charge in [0.05, 0.1) is 0 Å². The van der Waals surface area contributed by atoms with E-state index in [4.69, 9.17) is 0 Å². The molecule has 19 heavy (non-hydrogen) atoms. The Morgan fingerprint density at radius 2 is 1.84 bits per heavy atom. The lowest BCUT2D eigenvalue weighted by Gasteiger charge is -2.45. The number of rotatable bonds is 5. The Labute approximate surface area is 120 Å². The lowest BCUT2D eigenvalue weighted by molar-refractivity contribution is 0.0542. The topological polar surface area (TPSA) is 15.3 Å². The summed E-state index contributed by atoms with van der Waals surface area (Å²) in [5.74, 6) is 0. The van der Waals surface area contributed by atoms with Crippen LogP contribution < -0.4 is 5.32 Å². The van der Waals surface area contributed by atoms with E-state index in [0.717, 1.165) is 0 Å². The highest BCUT2D eigenvalue weighted by Crippen LogP contribution is 2.37. The molecule has 2 aliphatic heterocycles. The first-order valence-corrected chi connectivity index (χ1v) is 8.54. The summed E-state index contributed by atoms with van der Waals surface area (Å²) in [6.45, 7) is 13.7. The number of hydrogen-bond donors (Lipinski definition) is 1. The van der Waals surface area contributed by atoms with E-state index >= 15 is 0 Å². The summed E-state index contributed by atoms with van der Waals surface area (Å²) < 4.78 is 0. The second kappa shape index (κ2) is 6.58. The largest absolute Gasteiger partial charge is 0.316 e. The van der Waals surface area contributed by atoms with E-state index in [1.807, 2.05) is 0 Å². The monoisotopic (exact) mass is 266 g/mol. The molecule has 0 saturated carbocycles. The van der Waals surface area contributed by atoms with E-state index in [1.165, 1.54) is 77.7 Å². The van der Waals surface area contributed by atoms with Crippen LogP contribution in [0.5, 0.6) is 0 Å². The van der Waals surface area contributed by atoms with Crippen LogP contribution in [-0.4, -0.2) is 37.6 Å². The maximum atomic E-state index is 3.65. The molecule has 0 aromatic rings. The van der Waals surface area contributed by atoms with Gasteiger partial charge in [-0.15, -0.1) is 0 Å². The van der Waals surface area contributed by atoms with Crippen LogP contribution in [0, 0.1) is 10.8 Å². The predicted octanol–water partition coefficient (Wildman–Crippen LogP) is 3.67. The van der Waals surface area contributed by atoms with Crippen molar-refractivity contribution >= 4 is 0 Å². The van der Waals surface area contributed by atoms with E-state index in [1.54, 1.807) is 0 Å². The highest BCUT2D eigenvalue weighted by Gasteiger charge is 2.35. The molecule has 0 spiro atoms. The van der Waals surface area contributed by atoms with E-state index in [0.29, 0.717) is 10.8 Å². The van der Waals surface area contributed by atoms with Crippen molar-refractivity contribution in [2.45, 2.75) is 65.7 Å². The van der Waals surface area contributed by atoms with Gasteiger partial charge in [0.25, 0.3) is 0 Å².